The van der Waals surface area contributed by atoms with Crippen molar-refractivity contribution in [2.45, 2.75) is 25.3 Å². The number of amides is 1. The quantitative estimate of drug-likeness (QED) is 0.580. The van der Waals surface area contributed by atoms with Gasteiger partial charge in [0.05, 0.1) is 29.9 Å². The number of hydrogen-bond donors (Lipinski definition) is 3. The Labute approximate surface area is 155 Å². The highest BCUT2D eigenvalue weighted by Gasteiger charge is 2.25. The number of anilines is 1. The van der Waals surface area contributed by atoms with Gasteiger partial charge in [-0.25, -0.2) is 9.97 Å². The third kappa shape index (κ3) is 3.40. The molecule has 0 saturated heterocycles. The first kappa shape index (κ1) is 16.8. The van der Waals surface area contributed by atoms with E-state index in [4.69, 9.17) is 5.26 Å². The van der Waals surface area contributed by atoms with Crippen molar-refractivity contribution in [2.24, 2.45) is 0 Å². The summed E-state index contributed by atoms with van der Waals surface area (Å²) in [6.07, 6.45) is 7.46. The van der Waals surface area contributed by atoms with Crippen molar-refractivity contribution < 1.29 is 9.90 Å². The number of hydrogen-bond acceptors (Lipinski definition) is 6. The fraction of sp³-hybridized carbons (Fsp3) is 0.263. The van der Waals surface area contributed by atoms with Gasteiger partial charge in [-0.15, -0.1) is 0 Å². The van der Waals surface area contributed by atoms with Crippen molar-refractivity contribution >= 4 is 17.4 Å². The minimum atomic E-state index is -0.257. The lowest BCUT2D eigenvalue weighted by Gasteiger charge is -2.09. The highest BCUT2D eigenvalue weighted by molar-refractivity contribution is 5.97. The van der Waals surface area contributed by atoms with Gasteiger partial charge < -0.3 is 15.7 Å². The van der Waals surface area contributed by atoms with Crippen LogP contribution in [0.15, 0.2) is 36.8 Å². The molecule has 1 saturated carbocycles. The van der Waals surface area contributed by atoms with E-state index in [0.717, 1.165) is 24.1 Å². The first-order valence-electron chi connectivity index (χ1n) is 8.74. The molecule has 0 spiro atoms. The molecule has 1 amide bonds. The van der Waals surface area contributed by atoms with Gasteiger partial charge in [0.25, 0.3) is 5.91 Å². The number of nitrogens with zero attached hydrogens (tertiary/aromatic N) is 4. The summed E-state index contributed by atoms with van der Waals surface area (Å²) in [6.45, 7) is 0.483. The number of fused-ring (bicyclic) bond motifs is 1. The van der Waals surface area contributed by atoms with Crippen LogP contribution in [0.4, 0.5) is 5.82 Å². The molecule has 2 heterocycles. The molecule has 8 heteroatoms. The number of carbonyl (C=O) groups excluding carboxylic acids is 1. The second kappa shape index (κ2) is 6.96. The van der Waals surface area contributed by atoms with Gasteiger partial charge in [0, 0.05) is 30.5 Å². The Balaban J connectivity index is 1.64. The summed E-state index contributed by atoms with van der Waals surface area (Å²) in [4.78, 5) is 20.8. The molecule has 4 rings (SSSR count). The van der Waals surface area contributed by atoms with E-state index in [0.29, 0.717) is 24.4 Å². The van der Waals surface area contributed by atoms with Crippen molar-refractivity contribution in [3.63, 3.8) is 0 Å². The highest BCUT2D eigenvalue weighted by atomic mass is 16.3. The maximum absolute atomic E-state index is 12.2. The average Bonchev–Trinajstić information content (AvgIpc) is 3.37. The zero-order valence-electron chi connectivity index (χ0n) is 14.5. The Hall–Kier alpha value is -3.60. The van der Waals surface area contributed by atoms with E-state index >= 15 is 0 Å². The number of nitriles is 1. The van der Waals surface area contributed by atoms with E-state index in [9.17, 15) is 9.90 Å². The zero-order valence-corrected chi connectivity index (χ0v) is 14.5. The maximum Gasteiger partial charge on any atom is 0.255 e. The smallest absolute Gasteiger partial charge is 0.255 e. The van der Waals surface area contributed by atoms with Crippen molar-refractivity contribution in [3.05, 3.63) is 42.4 Å². The number of rotatable bonds is 6. The van der Waals surface area contributed by atoms with Gasteiger partial charge in [-0.05, 0) is 25.0 Å². The Morgan fingerprint density at radius 3 is 2.96 bits per heavy atom. The third-order valence-electron chi connectivity index (χ3n) is 4.41. The van der Waals surface area contributed by atoms with Crippen LogP contribution >= 0.6 is 0 Å². The van der Waals surface area contributed by atoms with Crippen LogP contribution in [-0.4, -0.2) is 38.0 Å². The van der Waals surface area contributed by atoms with Crippen LogP contribution in [0.5, 0.6) is 5.75 Å². The zero-order chi connectivity index (χ0) is 18.8. The van der Waals surface area contributed by atoms with Crippen LogP contribution in [0.25, 0.3) is 16.9 Å². The Morgan fingerprint density at radius 1 is 1.37 bits per heavy atom. The molecule has 1 fully saturated rings. The van der Waals surface area contributed by atoms with Crippen molar-refractivity contribution in [3.8, 4) is 23.1 Å². The fourth-order valence-electron chi connectivity index (χ4n) is 2.87. The molecule has 0 aliphatic heterocycles. The van der Waals surface area contributed by atoms with E-state index in [1.807, 2.05) is 4.40 Å². The topological polar surface area (TPSA) is 115 Å². The van der Waals surface area contributed by atoms with E-state index in [1.165, 1.54) is 0 Å². The first-order valence-corrected chi connectivity index (χ1v) is 8.74. The minimum absolute atomic E-state index is 0.0676. The highest BCUT2D eigenvalue weighted by Crippen LogP contribution is 2.29. The predicted octanol–water partition coefficient (Wildman–Crippen LogP) is 2.32. The van der Waals surface area contributed by atoms with Gasteiger partial charge in [-0.3, -0.25) is 9.20 Å². The summed E-state index contributed by atoms with van der Waals surface area (Å²) in [5.74, 6) is 0.263. The monoisotopic (exact) mass is 362 g/mol. The molecule has 0 unspecified atom stereocenters. The minimum Gasteiger partial charge on any atom is -0.507 e. The Morgan fingerprint density at radius 2 is 2.22 bits per heavy atom. The molecule has 3 N–H and O–H groups in total. The SMILES string of the molecule is N#CCCNc1nccn2c(-c3ccc(C(=O)NC4CC4)c(O)c3)cnc12. The lowest BCUT2D eigenvalue weighted by molar-refractivity contribution is 0.0948. The fourth-order valence-corrected chi connectivity index (χ4v) is 2.87. The molecule has 1 aromatic carbocycles. The van der Waals surface area contributed by atoms with E-state index in [1.54, 1.807) is 36.8 Å². The number of aromatic nitrogens is 3. The van der Waals surface area contributed by atoms with E-state index in [-0.39, 0.29) is 23.3 Å². The third-order valence-corrected chi connectivity index (χ3v) is 4.41. The summed E-state index contributed by atoms with van der Waals surface area (Å²) in [5.41, 5.74) is 2.39. The van der Waals surface area contributed by atoms with E-state index in [2.05, 4.69) is 26.7 Å². The molecule has 136 valence electrons. The van der Waals surface area contributed by atoms with Gasteiger partial charge in [0.1, 0.15) is 5.75 Å². The standard InChI is InChI=1S/C19H18N6O2/c20-6-1-7-21-17-18-23-11-15(25(18)9-8-22-17)12-2-5-14(16(26)10-12)19(27)24-13-3-4-13/h2,5,8-11,13,26H,1,3-4,7H2,(H,21,22)(H,24,27). The summed E-state index contributed by atoms with van der Waals surface area (Å²) in [7, 11) is 0. The summed E-state index contributed by atoms with van der Waals surface area (Å²) >= 11 is 0. The summed E-state index contributed by atoms with van der Waals surface area (Å²) < 4.78 is 1.85. The number of phenols is 1. The Bertz CT molecular complexity index is 1050. The molecular weight excluding hydrogens is 344 g/mol. The summed E-state index contributed by atoms with van der Waals surface area (Å²) in [5, 5.41) is 24.9. The molecule has 0 bridgehead atoms. The number of nitrogens with one attached hydrogen (secondary N) is 2. The number of carbonyl (C=O) groups is 1. The van der Waals surface area contributed by atoms with Crippen molar-refractivity contribution in [1.29, 1.82) is 5.26 Å². The molecule has 1 aliphatic carbocycles. The first-order chi connectivity index (χ1) is 13.2. The second-order valence-electron chi connectivity index (χ2n) is 6.43. The molecule has 0 radical (unpaired) electrons. The lowest BCUT2D eigenvalue weighted by atomic mass is 10.1. The van der Waals surface area contributed by atoms with Gasteiger partial charge in [-0.2, -0.15) is 5.26 Å². The van der Waals surface area contributed by atoms with Crippen LogP contribution in [0.3, 0.4) is 0 Å². The van der Waals surface area contributed by atoms with E-state index < -0.39 is 0 Å². The second-order valence-corrected chi connectivity index (χ2v) is 6.43. The van der Waals surface area contributed by atoms with Crippen LogP contribution < -0.4 is 10.6 Å². The van der Waals surface area contributed by atoms with Crippen LogP contribution in [0.2, 0.25) is 0 Å². The number of aromatic hydroxyl groups is 1. The van der Waals surface area contributed by atoms with Crippen LogP contribution in [0.1, 0.15) is 29.6 Å². The summed E-state index contributed by atoms with van der Waals surface area (Å²) in [6, 6.07) is 7.28. The number of imidazole rings is 1. The molecule has 3 aromatic rings. The maximum atomic E-state index is 12.2. The number of benzene rings is 1. The molecule has 0 atom stereocenters. The van der Waals surface area contributed by atoms with Gasteiger partial charge >= 0.3 is 0 Å². The molecule has 1 aliphatic rings. The van der Waals surface area contributed by atoms with Crippen molar-refractivity contribution in [1.82, 2.24) is 19.7 Å². The van der Waals surface area contributed by atoms with Crippen LogP contribution in [-0.2, 0) is 0 Å². The number of phenolic OH excluding ortho intramolecular Hbond substituents is 1. The molecular formula is C19H18N6O2. The average molecular weight is 362 g/mol. The molecule has 2 aromatic heterocycles. The largest absolute Gasteiger partial charge is 0.507 e. The molecule has 27 heavy (non-hydrogen) atoms. The van der Waals surface area contributed by atoms with Gasteiger partial charge in [0.2, 0.25) is 0 Å². The predicted molar refractivity (Wildman–Crippen MR) is 99.3 cm³/mol. The van der Waals surface area contributed by atoms with Gasteiger partial charge in [0.15, 0.2) is 11.5 Å². The van der Waals surface area contributed by atoms with Gasteiger partial charge in [-0.1, -0.05) is 6.07 Å². The Kier molecular flexibility index (Phi) is 4.34. The lowest BCUT2D eigenvalue weighted by Crippen LogP contribution is -2.25. The van der Waals surface area contributed by atoms with Crippen molar-refractivity contribution in [2.75, 3.05) is 11.9 Å². The normalized spacial score (nSPS) is 13.3. The molecule has 8 nitrogen and oxygen atoms in total. The van der Waals surface area contributed by atoms with Crippen LogP contribution in [0, 0.1) is 11.3 Å².